The Labute approximate surface area is 146 Å². The number of para-hydroxylation sites is 1. The molecule has 3 N–H and O–H groups in total. The van der Waals surface area contributed by atoms with Crippen molar-refractivity contribution in [2.45, 2.75) is 31.4 Å². The van der Waals surface area contributed by atoms with E-state index >= 15 is 0 Å². The summed E-state index contributed by atoms with van der Waals surface area (Å²) in [6, 6.07) is 15.5. The van der Waals surface area contributed by atoms with Crippen LogP contribution in [0.15, 0.2) is 54.7 Å². The lowest BCUT2D eigenvalue weighted by molar-refractivity contribution is 0.0237. The molecule has 0 saturated heterocycles. The summed E-state index contributed by atoms with van der Waals surface area (Å²) in [5, 5.41) is 13.8. The summed E-state index contributed by atoms with van der Waals surface area (Å²) in [4.78, 5) is 20.3. The van der Waals surface area contributed by atoms with E-state index in [0.29, 0.717) is 12.1 Å². The van der Waals surface area contributed by atoms with Crippen LogP contribution in [0.5, 0.6) is 0 Å². The van der Waals surface area contributed by atoms with E-state index in [2.05, 4.69) is 15.3 Å². The molecule has 1 aromatic carbocycles. The second kappa shape index (κ2) is 6.69. The van der Waals surface area contributed by atoms with Crippen LogP contribution >= 0.6 is 0 Å². The molecule has 128 valence electrons. The first-order chi connectivity index (χ1) is 12.2. The van der Waals surface area contributed by atoms with Crippen molar-refractivity contribution in [3.05, 3.63) is 66.1 Å². The number of pyridine rings is 1. The lowest BCUT2D eigenvalue weighted by Crippen LogP contribution is -2.48. The largest absolute Gasteiger partial charge is 0.393 e. The number of hydrogen-bond acceptors (Lipinski definition) is 3. The van der Waals surface area contributed by atoms with Crippen LogP contribution in [0.4, 0.5) is 0 Å². The third-order valence-corrected chi connectivity index (χ3v) is 4.96. The van der Waals surface area contributed by atoms with Gasteiger partial charge in [-0.15, -0.1) is 0 Å². The number of nitrogens with zero attached hydrogens (tertiary/aromatic N) is 1. The quantitative estimate of drug-likeness (QED) is 0.671. The highest BCUT2D eigenvalue weighted by Gasteiger charge is 2.35. The second-order valence-corrected chi connectivity index (χ2v) is 6.76. The molecule has 1 saturated carbocycles. The Morgan fingerprint density at radius 2 is 2.04 bits per heavy atom. The van der Waals surface area contributed by atoms with Gasteiger partial charge in [0.2, 0.25) is 0 Å². The molecule has 4 rings (SSSR count). The number of carbonyl (C=O) groups is 1. The van der Waals surface area contributed by atoms with Crippen LogP contribution in [0.2, 0.25) is 0 Å². The number of amides is 1. The van der Waals surface area contributed by atoms with E-state index in [1.54, 1.807) is 6.20 Å². The summed E-state index contributed by atoms with van der Waals surface area (Å²) >= 11 is 0. The summed E-state index contributed by atoms with van der Waals surface area (Å²) in [6.07, 6.45) is 3.64. The fourth-order valence-electron chi connectivity index (χ4n) is 3.48. The molecule has 1 aliphatic rings. The molecule has 0 radical (unpaired) electrons. The van der Waals surface area contributed by atoms with Gasteiger partial charge in [0.25, 0.3) is 5.91 Å². The van der Waals surface area contributed by atoms with E-state index in [1.807, 2.05) is 48.5 Å². The van der Waals surface area contributed by atoms with Gasteiger partial charge in [0.1, 0.15) is 5.69 Å². The summed E-state index contributed by atoms with van der Waals surface area (Å²) in [5.74, 6) is 0.170. The predicted molar refractivity (Wildman–Crippen MR) is 96.2 cm³/mol. The smallest absolute Gasteiger partial charge is 0.267 e. The average molecular weight is 335 g/mol. The van der Waals surface area contributed by atoms with Gasteiger partial charge in [0.15, 0.2) is 0 Å². The summed E-state index contributed by atoms with van der Waals surface area (Å²) in [6.45, 7) is 0. The third kappa shape index (κ3) is 3.42. The standard InChI is InChI=1S/C20H21N3O2/c24-16-9-14(10-16)18(12-15-6-3-4-8-21-15)23-20(25)19-11-13-5-1-2-7-17(13)22-19/h1-8,11,14,16,18,22,24H,9-10,12H2,(H,23,25). The average Bonchev–Trinajstić information content (AvgIpc) is 3.04. The highest BCUT2D eigenvalue weighted by molar-refractivity contribution is 5.98. The predicted octanol–water partition coefficient (Wildman–Crippen LogP) is 2.67. The zero-order chi connectivity index (χ0) is 17.2. The molecule has 1 fully saturated rings. The van der Waals surface area contributed by atoms with Crippen LogP contribution in [0.1, 0.15) is 29.0 Å². The Hall–Kier alpha value is -2.66. The molecule has 5 nitrogen and oxygen atoms in total. The van der Waals surface area contributed by atoms with Gasteiger partial charge >= 0.3 is 0 Å². The SMILES string of the molecule is O=C(NC(Cc1ccccn1)C1CC(O)C1)c1cc2ccccc2[nH]1. The Bertz CT molecular complexity index is 836. The summed E-state index contributed by atoms with van der Waals surface area (Å²) < 4.78 is 0. The minimum absolute atomic E-state index is 0.0304. The van der Waals surface area contributed by atoms with Crippen LogP contribution in [0, 0.1) is 5.92 Å². The van der Waals surface area contributed by atoms with E-state index in [0.717, 1.165) is 29.4 Å². The maximum Gasteiger partial charge on any atom is 0.267 e. The van der Waals surface area contributed by atoms with Gasteiger partial charge in [0, 0.05) is 35.3 Å². The Kier molecular flexibility index (Phi) is 4.24. The summed E-state index contributed by atoms with van der Waals surface area (Å²) in [7, 11) is 0. The molecule has 5 heteroatoms. The molecule has 1 amide bonds. The van der Waals surface area contributed by atoms with Crippen LogP contribution in [-0.4, -0.2) is 33.1 Å². The molecule has 2 heterocycles. The Balaban J connectivity index is 1.51. The highest BCUT2D eigenvalue weighted by Crippen LogP contribution is 2.31. The Morgan fingerprint density at radius 1 is 1.24 bits per heavy atom. The van der Waals surface area contributed by atoms with E-state index in [1.165, 1.54) is 0 Å². The van der Waals surface area contributed by atoms with Crippen LogP contribution in [0.3, 0.4) is 0 Å². The van der Waals surface area contributed by atoms with Crippen molar-refractivity contribution in [1.29, 1.82) is 0 Å². The molecule has 3 aromatic rings. The third-order valence-electron chi connectivity index (χ3n) is 4.96. The molecule has 0 bridgehead atoms. The number of aromatic nitrogens is 2. The zero-order valence-corrected chi connectivity index (χ0v) is 13.9. The van der Waals surface area contributed by atoms with Crippen LogP contribution < -0.4 is 5.32 Å². The van der Waals surface area contributed by atoms with E-state index < -0.39 is 0 Å². The number of nitrogens with one attached hydrogen (secondary N) is 2. The Morgan fingerprint density at radius 3 is 2.76 bits per heavy atom. The monoisotopic (exact) mass is 335 g/mol. The van der Waals surface area contributed by atoms with Gasteiger partial charge in [-0.05, 0) is 43.0 Å². The number of fused-ring (bicyclic) bond motifs is 1. The van der Waals surface area contributed by atoms with Gasteiger partial charge in [-0.2, -0.15) is 0 Å². The maximum atomic E-state index is 12.7. The van der Waals surface area contributed by atoms with Crippen molar-refractivity contribution in [2.24, 2.45) is 5.92 Å². The first kappa shape index (κ1) is 15.8. The van der Waals surface area contributed by atoms with Crippen molar-refractivity contribution in [2.75, 3.05) is 0 Å². The number of aliphatic hydroxyl groups is 1. The van der Waals surface area contributed by atoms with Gasteiger partial charge in [-0.3, -0.25) is 9.78 Å². The van der Waals surface area contributed by atoms with E-state index in [-0.39, 0.29) is 24.0 Å². The number of aromatic amines is 1. The van der Waals surface area contributed by atoms with E-state index in [4.69, 9.17) is 0 Å². The fourth-order valence-corrected chi connectivity index (χ4v) is 3.48. The molecule has 0 aliphatic heterocycles. The minimum Gasteiger partial charge on any atom is -0.393 e. The number of carbonyl (C=O) groups excluding carboxylic acids is 1. The molecule has 1 aliphatic carbocycles. The van der Waals surface area contributed by atoms with Gasteiger partial charge in [-0.25, -0.2) is 0 Å². The van der Waals surface area contributed by atoms with Gasteiger partial charge < -0.3 is 15.4 Å². The van der Waals surface area contributed by atoms with Gasteiger partial charge in [0.05, 0.1) is 6.10 Å². The van der Waals surface area contributed by atoms with Crippen molar-refractivity contribution in [3.8, 4) is 0 Å². The molecule has 1 atom stereocenters. The second-order valence-electron chi connectivity index (χ2n) is 6.76. The lowest BCUT2D eigenvalue weighted by Gasteiger charge is -2.38. The zero-order valence-electron chi connectivity index (χ0n) is 13.9. The normalized spacial score (nSPS) is 20.8. The number of H-pyrrole nitrogens is 1. The molecular formula is C20H21N3O2. The van der Waals surface area contributed by atoms with Crippen molar-refractivity contribution < 1.29 is 9.90 Å². The molecule has 0 spiro atoms. The van der Waals surface area contributed by atoms with Crippen LogP contribution in [0.25, 0.3) is 10.9 Å². The van der Waals surface area contributed by atoms with E-state index in [9.17, 15) is 9.90 Å². The fraction of sp³-hybridized carbons (Fsp3) is 0.300. The van der Waals surface area contributed by atoms with Crippen molar-refractivity contribution in [1.82, 2.24) is 15.3 Å². The minimum atomic E-state index is -0.249. The number of rotatable bonds is 5. The maximum absolute atomic E-state index is 12.7. The highest BCUT2D eigenvalue weighted by atomic mass is 16.3. The lowest BCUT2D eigenvalue weighted by atomic mass is 9.76. The topological polar surface area (TPSA) is 78.0 Å². The first-order valence-corrected chi connectivity index (χ1v) is 8.65. The number of hydrogen-bond donors (Lipinski definition) is 3. The van der Waals surface area contributed by atoms with Crippen molar-refractivity contribution in [3.63, 3.8) is 0 Å². The molecule has 1 unspecified atom stereocenters. The first-order valence-electron chi connectivity index (χ1n) is 8.65. The summed E-state index contributed by atoms with van der Waals surface area (Å²) in [5.41, 5.74) is 2.46. The van der Waals surface area contributed by atoms with Crippen molar-refractivity contribution >= 4 is 16.8 Å². The molecular weight excluding hydrogens is 314 g/mol. The number of benzene rings is 1. The number of aliphatic hydroxyl groups excluding tert-OH is 1. The molecule has 2 aromatic heterocycles. The van der Waals surface area contributed by atoms with Gasteiger partial charge in [-0.1, -0.05) is 24.3 Å². The molecule has 25 heavy (non-hydrogen) atoms. The van der Waals surface area contributed by atoms with Crippen LogP contribution in [-0.2, 0) is 6.42 Å².